The van der Waals surface area contributed by atoms with Crippen LogP contribution >= 0.6 is 23.2 Å². The average molecular weight is 313 g/mol. The van der Waals surface area contributed by atoms with E-state index in [4.69, 9.17) is 29.0 Å². The highest BCUT2D eigenvalue weighted by Gasteiger charge is 2.11. The van der Waals surface area contributed by atoms with Crippen LogP contribution in [0.3, 0.4) is 0 Å². The zero-order valence-electron chi connectivity index (χ0n) is 10.7. The summed E-state index contributed by atoms with van der Waals surface area (Å²) in [6.07, 6.45) is 1.36. The SMILES string of the molecule is NNC(Cc1ccc(Cl)cc1)Cc1ccc(F)cc1Cl. The highest BCUT2D eigenvalue weighted by atomic mass is 35.5. The molecule has 0 aliphatic heterocycles. The Bertz CT molecular complexity index is 573. The van der Waals surface area contributed by atoms with Gasteiger partial charge in [0.25, 0.3) is 0 Å². The van der Waals surface area contributed by atoms with E-state index in [1.807, 2.05) is 24.3 Å². The molecule has 0 saturated carbocycles. The number of halogens is 3. The van der Waals surface area contributed by atoms with E-state index in [9.17, 15) is 4.39 Å². The predicted octanol–water partition coefficient (Wildman–Crippen LogP) is 3.75. The van der Waals surface area contributed by atoms with Gasteiger partial charge < -0.3 is 0 Å². The third-order valence-electron chi connectivity index (χ3n) is 3.11. The minimum Gasteiger partial charge on any atom is -0.271 e. The standard InChI is InChI=1S/C15H15Cl2FN2/c16-12-4-1-10(2-5-12)7-14(20-19)8-11-3-6-13(18)9-15(11)17/h1-6,9,14,20H,7-8,19H2. The molecular formula is C15H15Cl2FN2. The molecule has 20 heavy (non-hydrogen) atoms. The van der Waals surface area contributed by atoms with Gasteiger partial charge in [-0.3, -0.25) is 11.3 Å². The summed E-state index contributed by atoms with van der Waals surface area (Å²) >= 11 is 11.9. The van der Waals surface area contributed by atoms with Gasteiger partial charge in [0.2, 0.25) is 0 Å². The lowest BCUT2D eigenvalue weighted by Gasteiger charge is -2.17. The van der Waals surface area contributed by atoms with Crippen molar-refractivity contribution in [1.82, 2.24) is 5.43 Å². The molecule has 106 valence electrons. The molecule has 2 aromatic rings. The molecule has 0 heterocycles. The normalized spacial score (nSPS) is 12.4. The Morgan fingerprint density at radius 1 is 1.05 bits per heavy atom. The summed E-state index contributed by atoms with van der Waals surface area (Å²) in [5, 5.41) is 1.12. The lowest BCUT2D eigenvalue weighted by Crippen LogP contribution is -2.38. The van der Waals surface area contributed by atoms with Gasteiger partial charge in [0.15, 0.2) is 0 Å². The number of hydrogen-bond acceptors (Lipinski definition) is 2. The van der Waals surface area contributed by atoms with E-state index in [0.29, 0.717) is 16.5 Å². The first-order valence-electron chi connectivity index (χ1n) is 6.23. The van der Waals surface area contributed by atoms with Gasteiger partial charge in [-0.05, 0) is 48.2 Å². The number of benzene rings is 2. The number of hydrazine groups is 1. The maximum absolute atomic E-state index is 13.0. The molecule has 5 heteroatoms. The highest BCUT2D eigenvalue weighted by Crippen LogP contribution is 2.20. The van der Waals surface area contributed by atoms with Crippen LogP contribution in [-0.4, -0.2) is 6.04 Å². The monoisotopic (exact) mass is 312 g/mol. The van der Waals surface area contributed by atoms with E-state index >= 15 is 0 Å². The molecular weight excluding hydrogens is 298 g/mol. The first kappa shape index (κ1) is 15.3. The lowest BCUT2D eigenvalue weighted by molar-refractivity contribution is 0.522. The third-order valence-corrected chi connectivity index (χ3v) is 3.72. The Labute approximate surface area is 127 Å². The molecule has 0 aromatic heterocycles. The second-order valence-electron chi connectivity index (χ2n) is 4.63. The minimum atomic E-state index is -0.339. The minimum absolute atomic E-state index is 0.0131. The van der Waals surface area contributed by atoms with E-state index in [2.05, 4.69) is 5.43 Å². The Hall–Kier alpha value is -1.13. The molecule has 0 saturated heterocycles. The second kappa shape index (κ2) is 7.04. The number of hydrogen-bond donors (Lipinski definition) is 2. The molecule has 0 bridgehead atoms. The Balaban J connectivity index is 2.07. The van der Waals surface area contributed by atoms with Crippen molar-refractivity contribution in [2.45, 2.75) is 18.9 Å². The quantitative estimate of drug-likeness (QED) is 0.652. The van der Waals surface area contributed by atoms with Crippen LogP contribution in [0, 0.1) is 5.82 Å². The van der Waals surface area contributed by atoms with Gasteiger partial charge in [0.05, 0.1) is 0 Å². The van der Waals surface area contributed by atoms with Crippen molar-refractivity contribution < 1.29 is 4.39 Å². The lowest BCUT2D eigenvalue weighted by atomic mass is 9.99. The van der Waals surface area contributed by atoms with E-state index < -0.39 is 0 Å². The van der Waals surface area contributed by atoms with Crippen LogP contribution in [0.2, 0.25) is 10.0 Å². The molecule has 0 radical (unpaired) electrons. The molecule has 1 unspecified atom stereocenters. The van der Waals surface area contributed by atoms with Crippen molar-refractivity contribution in [2.24, 2.45) is 5.84 Å². The first-order valence-corrected chi connectivity index (χ1v) is 6.98. The van der Waals surface area contributed by atoms with E-state index in [1.54, 1.807) is 6.07 Å². The molecule has 0 fully saturated rings. The molecule has 0 aliphatic rings. The van der Waals surface area contributed by atoms with Crippen molar-refractivity contribution in [3.05, 3.63) is 69.5 Å². The van der Waals surface area contributed by atoms with Gasteiger partial charge in [0.1, 0.15) is 5.82 Å². The zero-order chi connectivity index (χ0) is 14.5. The molecule has 2 rings (SSSR count). The maximum Gasteiger partial charge on any atom is 0.124 e. The number of nitrogens with one attached hydrogen (secondary N) is 1. The topological polar surface area (TPSA) is 38.0 Å². The predicted molar refractivity (Wildman–Crippen MR) is 81.4 cm³/mol. The summed E-state index contributed by atoms with van der Waals surface area (Å²) in [6, 6.07) is 12.0. The largest absolute Gasteiger partial charge is 0.271 e. The first-order chi connectivity index (χ1) is 9.58. The summed E-state index contributed by atoms with van der Waals surface area (Å²) < 4.78 is 13.0. The molecule has 2 nitrogen and oxygen atoms in total. The molecule has 0 amide bonds. The van der Waals surface area contributed by atoms with Crippen molar-refractivity contribution in [3.8, 4) is 0 Å². The zero-order valence-corrected chi connectivity index (χ0v) is 12.3. The van der Waals surface area contributed by atoms with E-state index in [1.165, 1.54) is 12.1 Å². The van der Waals surface area contributed by atoms with E-state index in [-0.39, 0.29) is 11.9 Å². The van der Waals surface area contributed by atoms with Crippen molar-refractivity contribution in [3.63, 3.8) is 0 Å². The van der Waals surface area contributed by atoms with Gasteiger partial charge in [0, 0.05) is 16.1 Å². The molecule has 1 atom stereocenters. The molecule has 3 N–H and O–H groups in total. The van der Waals surface area contributed by atoms with Crippen LogP contribution in [0.4, 0.5) is 4.39 Å². The summed E-state index contributed by atoms with van der Waals surface area (Å²) in [7, 11) is 0. The average Bonchev–Trinajstić information content (AvgIpc) is 2.43. The van der Waals surface area contributed by atoms with Crippen LogP contribution in [0.15, 0.2) is 42.5 Å². The molecule has 0 aliphatic carbocycles. The van der Waals surface area contributed by atoms with Crippen molar-refractivity contribution in [2.75, 3.05) is 0 Å². The van der Waals surface area contributed by atoms with Crippen molar-refractivity contribution in [1.29, 1.82) is 0 Å². The van der Waals surface area contributed by atoms with Crippen LogP contribution in [0.5, 0.6) is 0 Å². The van der Waals surface area contributed by atoms with Gasteiger partial charge in [-0.1, -0.05) is 41.4 Å². The fraction of sp³-hybridized carbons (Fsp3) is 0.200. The maximum atomic E-state index is 13.0. The summed E-state index contributed by atoms with van der Waals surface area (Å²) in [5.41, 5.74) is 4.76. The number of rotatable bonds is 5. The number of nitrogens with two attached hydrogens (primary N) is 1. The third kappa shape index (κ3) is 4.18. The summed E-state index contributed by atoms with van der Waals surface area (Å²) in [4.78, 5) is 0. The van der Waals surface area contributed by atoms with Crippen molar-refractivity contribution >= 4 is 23.2 Å². The summed E-state index contributed by atoms with van der Waals surface area (Å²) in [6.45, 7) is 0. The highest BCUT2D eigenvalue weighted by molar-refractivity contribution is 6.31. The second-order valence-corrected chi connectivity index (χ2v) is 5.48. The fourth-order valence-corrected chi connectivity index (χ4v) is 2.42. The smallest absolute Gasteiger partial charge is 0.124 e. The Kier molecular flexibility index (Phi) is 5.38. The van der Waals surface area contributed by atoms with Gasteiger partial charge in [-0.25, -0.2) is 4.39 Å². The molecule has 2 aromatic carbocycles. The molecule has 0 spiro atoms. The van der Waals surface area contributed by atoms with Gasteiger partial charge in [-0.15, -0.1) is 0 Å². The van der Waals surface area contributed by atoms with E-state index in [0.717, 1.165) is 17.5 Å². The van der Waals surface area contributed by atoms with Crippen LogP contribution in [0.1, 0.15) is 11.1 Å². The van der Waals surface area contributed by atoms with Crippen LogP contribution in [0.25, 0.3) is 0 Å². The fourth-order valence-electron chi connectivity index (χ4n) is 2.05. The summed E-state index contributed by atoms with van der Waals surface area (Å²) in [5.74, 6) is 5.25. The Morgan fingerprint density at radius 2 is 1.75 bits per heavy atom. The Morgan fingerprint density at radius 3 is 2.35 bits per heavy atom. The van der Waals surface area contributed by atoms with Crippen LogP contribution in [-0.2, 0) is 12.8 Å². The van der Waals surface area contributed by atoms with Gasteiger partial charge in [-0.2, -0.15) is 0 Å². The van der Waals surface area contributed by atoms with Crippen LogP contribution < -0.4 is 11.3 Å². The van der Waals surface area contributed by atoms with Gasteiger partial charge >= 0.3 is 0 Å².